The number of hydrogen-bond donors (Lipinski definition) is 0. The molecule has 0 radical (unpaired) electrons. The summed E-state index contributed by atoms with van der Waals surface area (Å²) in [6.45, 7) is 11.2. The van der Waals surface area contributed by atoms with Gasteiger partial charge in [-0.1, -0.05) is 0 Å². The number of rotatable bonds is 5. The van der Waals surface area contributed by atoms with E-state index in [4.69, 9.17) is 47.4 Å². The Hall–Kier alpha value is -1.38. The Morgan fingerprint density at radius 2 is 1.32 bits per heavy atom. The first-order chi connectivity index (χ1) is 15.8. The highest BCUT2D eigenvalue weighted by atomic mass is 16.9. The van der Waals surface area contributed by atoms with E-state index < -0.39 is 85.1 Å². The molecule has 4 aliphatic rings. The summed E-state index contributed by atoms with van der Waals surface area (Å²) in [5.74, 6) is -3.58. The summed E-state index contributed by atoms with van der Waals surface area (Å²) in [4.78, 5) is 23.5. The first kappa shape index (κ1) is 25.7. The first-order valence-corrected chi connectivity index (χ1v) is 11.4. The zero-order chi connectivity index (χ0) is 25.0. The van der Waals surface area contributed by atoms with Gasteiger partial charge in [-0.3, -0.25) is 14.3 Å². The van der Waals surface area contributed by atoms with Gasteiger partial charge in [-0.15, -0.1) is 0 Å². The molecule has 12 nitrogen and oxygen atoms in total. The zero-order valence-electron chi connectivity index (χ0n) is 20.7. The molecular weight excluding hydrogens is 456 g/mol. The normalized spacial score (nSPS) is 47.5. The molecule has 12 heteroatoms. The van der Waals surface area contributed by atoms with E-state index in [2.05, 4.69) is 0 Å². The number of carbonyl (C=O) groups is 2. The van der Waals surface area contributed by atoms with Crippen LogP contribution in [0.1, 0.15) is 48.5 Å². The molecule has 0 amide bonds. The fourth-order valence-corrected chi connectivity index (χ4v) is 4.93. The average molecular weight is 491 g/mol. The zero-order valence-corrected chi connectivity index (χ0v) is 20.7. The minimum atomic E-state index is -1.61. The van der Waals surface area contributed by atoms with Crippen LogP contribution < -0.4 is 0 Å². The van der Waals surface area contributed by atoms with Gasteiger partial charge in [0.05, 0.1) is 12.2 Å². The van der Waals surface area contributed by atoms with Crippen LogP contribution in [0.4, 0.5) is 0 Å². The minimum absolute atomic E-state index is 0.465. The Morgan fingerprint density at radius 1 is 0.735 bits per heavy atom. The molecular formula is C22H34O12. The molecule has 4 fully saturated rings. The number of hydrogen-bond acceptors (Lipinski definition) is 12. The van der Waals surface area contributed by atoms with Crippen molar-refractivity contribution in [3.63, 3.8) is 0 Å². The summed E-state index contributed by atoms with van der Waals surface area (Å²) in [6, 6.07) is 0. The van der Waals surface area contributed by atoms with E-state index in [1.165, 1.54) is 21.0 Å². The van der Waals surface area contributed by atoms with E-state index in [9.17, 15) is 9.59 Å². The van der Waals surface area contributed by atoms with Crippen LogP contribution in [0.5, 0.6) is 0 Å². The Morgan fingerprint density at radius 3 is 1.94 bits per heavy atom. The lowest BCUT2D eigenvalue weighted by atomic mass is 9.99. The van der Waals surface area contributed by atoms with E-state index in [1.54, 1.807) is 27.7 Å². The van der Waals surface area contributed by atoms with Gasteiger partial charge >= 0.3 is 11.9 Å². The maximum Gasteiger partial charge on any atom is 0.303 e. The van der Waals surface area contributed by atoms with Crippen LogP contribution in [-0.4, -0.2) is 92.2 Å². The average Bonchev–Trinajstić information content (AvgIpc) is 3.21. The molecule has 11 atom stereocenters. The third kappa shape index (κ3) is 4.96. The number of methoxy groups -OCH3 is 1. The van der Waals surface area contributed by atoms with Crippen molar-refractivity contribution >= 4 is 11.9 Å². The van der Waals surface area contributed by atoms with Gasteiger partial charge < -0.3 is 42.6 Å². The molecule has 194 valence electrons. The maximum absolute atomic E-state index is 11.8. The number of ether oxygens (including phenoxy) is 10. The van der Waals surface area contributed by atoms with Crippen molar-refractivity contribution in [1.29, 1.82) is 0 Å². The molecule has 34 heavy (non-hydrogen) atoms. The van der Waals surface area contributed by atoms with E-state index in [0.717, 1.165) is 0 Å². The van der Waals surface area contributed by atoms with Gasteiger partial charge in [-0.05, 0) is 27.7 Å². The number of carbonyl (C=O) groups excluding carboxylic acids is 2. The SMILES string of the molecule is CO[C@@H]1O[C@@H](C)[C@H](OC2(C)O[C@H]3O[C@@H](C)[C@H](OC(C)=O)[C@@H](OC(C)=O)[C@H]3O2)[C@H]2OC(C)(C)O[C@@H]12. The van der Waals surface area contributed by atoms with Crippen molar-refractivity contribution in [3.05, 3.63) is 0 Å². The summed E-state index contributed by atoms with van der Waals surface area (Å²) in [6.07, 6.45) is -7.14. The quantitative estimate of drug-likeness (QED) is 0.510. The summed E-state index contributed by atoms with van der Waals surface area (Å²) < 4.78 is 58.7. The predicted octanol–water partition coefficient (Wildman–Crippen LogP) is 0.980. The van der Waals surface area contributed by atoms with Gasteiger partial charge in [0, 0.05) is 27.9 Å². The van der Waals surface area contributed by atoms with Gasteiger partial charge in [0.15, 0.2) is 36.7 Å². The molecule has 4 saturated heterocycles. The molecule has 0 aliphatic carbocycles. The van der Waals surface area contributed by atoms with Gasteiger partial charge in [0.1, 0.15) is 18.3 Å². The highest BCUT2D eigenvalue weighted by Gasteiger charge is 2.62. The number of esters is 2. The Labute approximate surface area is 198 Å². The first-order valence-electron chi connectivity index (χ1n) is 11.4. The van der Waals surface area contributed by atoms with Crippen LogP contribution in [0.25, 0.3) is 0 Å². The van der Waals surface area contributed by atoms with Crippen molar-refractivity contribution in [3.8, 4) is 0 Å². The Kier molecular flexibility index (Phi) is 6.99. The van der Waals surface area contributed by atoms with Gasteiger partial charge in [0.25, 0.3) is 5.97 Å². The Balaban J connectivity index is 1.54. The topological polar surface area (TPSA) is 126 Å². The van der Waals surface area contributed by atoms with E-state index in [-0.39, 0.29) is 0 Å². The van der Waals surface area contributed by atoms with E-state index in [1.807, 2.05) is 6.92 Å². The highest BCUT2D eigenvalue weighted by Crippen LogP contribution is 2.44. The fourth-order valence-electron chi connectivity index (χ4n) is 4.93. The van der Waals surface area contributed by atoms with E-state index >= 15 is 0 Å². The summed E-state index contributed by atoms with van der Waals surface area (Å²) in [7, 11) is 1.53. The van der Waals surface area contributed by atoms with Crippen LogP contribution in [0.15, 0.2) is 0 Å². The van der Waals surface area contributed by atoms with Crippen LogP contribution in [0, 0.1) is 0 Å². The lowest BCUT2D eigenvalue weighted by molar-refractivity contribution is -0.388. The van der Waals surface area contributed by atoms with Crippen LogP contribution in [-0.2, 0) is 57.0 Å². The molecule has 4 rings (SSSR count). The molecule has 0 spiro atoms. The minimum Gasteiger partial charge on any atom is -0.456 e. The van der Waals surface area contributed by atoms with Crippen molar-refractivity contribution in [2.75, 3.05) is 7.11 Å². The molecule has 0 saturated carbocycles. The smallest absolute Gasteiger partial charge is 0.303 e. The molecule has 0 aromatic rings. The molecule has 1 unspecified atom stereocenters. The molecule has 0 N–H and O–H groups in total. The van der Waals surface area contributed by atoms with Crippen molar-refractivity contribution in [1.82, 2.24) is 0 Å². The van der Waals surface area contributed by atoms with Gasteiger partial charge in [-0.25, -0.2) is 0 Å². The second-order valence-corrected chi connectivity index (χ2v) is 9.51. The third-order valence-electron chi connectivity index (χ3n) is 6.16. The highest BCUT2D eigenvalue weighted by molar-refractivity contribution is 5.67. The fraction of sp³-hybridized carbons (Fsp3) is 0.909. The predicted molar refractivity (Wildman–Crippen MR) is 110 cm³/mol. The van der Waals surface area contributed by atoms with Crippen LogP contribution >= 0.6 is 0 Å². The van der Waals surface area contributed by atoms with Gasteiger partial charge in [0.2, 0.25) is 0 Å². The Bertz CT molecular complexity index is 788. The van der Waals surface area contributed by atoms with Crippen molar-refractivity contribution in [2.24, 2.45) is 0 Å². The molecule has 4 aliphatic heterocycles. The van der Waals surface area contributed by atoms with Crippen LogP contribution in [0.3, 0.4) is 0 Å². The molecule has 0 bridgehead atoms. The van der Waals surface area contributed by atoms with Gasteiger partial charge in [-0.2, -0.15) is 0 Å². The second-order valence-electron chi connectivity index (χ2n) is 9.51. The lowest BCUT2D eigenvalue weighted by Crippen LogP contribution is -2.59. The standard InChI is InChI=1S/C22H34O12/c1-9-13(28-11(3)23)15(29-12(4)24)17-20(27-9)34-22(7,33-17)32-14-10(2)26-19(25-8)18-16(14)30-21(5,6)31-18/h9-10,13-20H,1-8H3/t9-,10-,13-,14-,15+,16+,17+,18+,19+,20+,22?/m0/s1. The largest absolute Gasteiger partial charge is 0.456 e. The molecule has 4 heterocycles. The second kappa shape index (κ2) is 9.25. The summed E-state index contributed by atoms with van der Waals surface area (Å²) >= 11 is 0. The van der Waals surface area contributed by atoms with Crippen molar-refractivity contribution in [2.45, 2.75) is 122 Å². The summed E-state index contributed by atoms with van der Waals surface area (Å²) in [5.41, 5.74) is 0. The number of fused-ring (bicyclic) bond motifs is 2. The molecule has 0 aromatic carbocycles. The summed E-state index contributed by atoms with van der Waals surface area (Å²) in [5, 5.41) is 0. The maximum atomic E-state index is 11.8. The third-order valence-corrected chi connectivity index (χ3v) is 6.16. The van der Waals surface area contributed by atoms with E-state index in [0.29, 0.717) is 0 Å². The van der Waals surface area contributed by atoms with Crippen molar-refractivity contribution < 1.29 is 57.0 Å². The lowest BCUT2D eigenvalue weighted by Gasteiger charge is -2.42. The van der Waals surface area contributed by atoms with Crippen LogP contribution in [0.2, 0.25) is 0 Å². The monoisotopic (exact) mass is 490 g/mol. The molecule has 0 aromatic heterocycles.